The van der Waals surface area contributed by atoms with E-state index in [0.29, 0.717) is 6.42 Å². The van der Waals surface area contributed by atoms with Crippen molar-refractivity contribution in [2.75, 3.05) is 23.4 Å². The number of benzene rings is 1. The second-order valence-electron chi connectivity index (χ2n) is 5.25. The largest absolute Gasteiger partial charge is 0.325 e. The maximum Gasteiger partial charge on any atom is 0.238 e. The second-order valence-corrected chi connectivity index (χ2v) is 7.48. The van der Waals surface area contributed by atoms with Crippen LogP contribution in [0.1, 0.15) is 18.4 Å². The van der Waals surface area contributed by atoms with Gasteiger partial charge in [0.25, 0.3) is 0 Å². The van der Waals surface area contributed by atoms with Crippen molar-refractivity contribution in [2.45, 2.75) is 25.8 Å². The van der Waals surface area contributed by atoms with Gasteiger partial charge in [-0.1, -0.05) is 12.1 Å². The Morgan fingerprint density at radius 3 is 2.90 bits per heavy atom. The van der Waals surface area contributed by atoms with E-state index in [1.54, 1.807) is 0 Å². The van der Waals surface area contributed by atoms with Crippen LogP contribution in [0.15, 0.2) is 24.3 Å². The van der Waals surface area contributed by atoms with Crippen molar-refractivity contribution in [2.24, 2.45) is 0 Å². The van der Waals surface area contributed by atoms with Crippen molar-refractivity contribution in [3.05, 3.63) is 29.8 Å². The number of sulfone groups is 1. The van der Waals surface area contributed by atoms with Crippen LogP contribution in [-0.2, 0) is 14.6 Å². The lowest BCUT2D eigenvalue weighted by molar-refractivity contribution is -0.115. The number of hydrogen-bond acceptors (Lipinski definition) is 4. The molecule has 1 unspecified atom stereocenters. The van der Waals surface area contributed by atoms with Gasteiger partial charge in [0, 0.05) is 11.7 Å². The predicted octanol–water partition coefficient (Wildman–Crippen LogP) is 1.10. The molecule has 2 N–H and O–H groups in total. The first-order valence-electron chi connectivity index (χ1n) is 6.75. The fourth-order valence-electron chi connectivity index (χ4n) is 2.35. The highest BCUT2D eigenvalue weighted by atomic mass is 32.2. The molecule has 2 rings (SSSR count). The Kier molecular flexibility index (Phi) is 4.77. The molecule has 1 fully saturated rings. The summed E-state index contributed by atoms with van der Waals surface area (Å²) in [6.45, 7) is 2.09. The summed E-state index contributed by atoms with van der Waals surface area (Å²) >= 11 is 0. The zero-order chi connectivity index (χ0) is 14.6. The standard InChI is InChI=1S/C14H20N2O3S/c1-11-4-2-5-12(8-11)16-14(17)9-15-13-6-3-7-20(18,19)10-13/h2,4-5,8,13,15H,3,6-7,9-10H2,1H3,(H,16,17). The third-order valence-electron chi connectivity index (χ3n) is 3.32. The second kappa shape index (κ2) is 6.37. The number of rotatable bonds is 4. The van der Waals surface area contributed by atoms with E-state index in [-0.39, 0.29) is 30.0 Å². The molecule has 1 aliphatic rings. The van der Waals surface area contributed by atoms with E-state index in [2.05, 4.69) is 10.6 Å². The number of carbonyl (C=O) groups is 1. The molecule has 1 heterocycles. The summed E-state index contributed by atoms with van der Waals surface area (Å²) in [7, 11) is -2.94. The summed E-state index contributed by atoms with van der Waals surface area (Å²) in [4.78, 5) is 11.8. The molecule has 1 saturated heterocycles. The highest BCUT2D eigenvalue weighted by molar-refractivity contribution is 7.91. The number of aryl methyl sites for hydroxylation is 1. The van der Waals surface area contributed by atoms with Crippen LogP contribution in [0.3, 0.4) is 0 Å². The average molecular weight is 296 g/mol. The Labute approximate surface area is 119 Å². The molecule has 5 nitrogen and oxygen atoms in total. The minimum absolute atomic E-state index is 0.114. The van der Waals surface area contributed by atoms with Gasteiger partial charge in [-0.15, -0.1) is 0 Å². The van der Waals surface area contributed by atoms with Crippen LogP contribution in [-0.4, -0.2) is 38.4 Å². The lowest BCUT2D eigenvalue weighted by atomic mass is 10.2. The molecule has 1 amide bonds. The van der Waals surface area contributed by atoms with Gasteiger partial charge >= 0.3 is 0 Å². The van der Waals surface area contributed by atoms with Crippen molar-refractivity contribution in [3.8, 4) is 0 Å². The van der Waals surface area contributed by atoms with Gasteiger partial charge in [-0.2, -0.15) is 0 Å². The third kappa shape index (κ3) is 4.61. The number of amides is 1. The van der Waals surface area contributed by atoms with Gasteiger partial charge < -0.3 is 10.6 Å². The van der Waals surface area contributed by atoms with Crippen molar-refractivity contribution >= 4 is 21.4 Å². The van der Waals surface area contributed by atoms with E-state index >= 15 is 0 Å². The molecule has 1 aromatic rings. The lowest BCUT2D eigenvalue weighted by Crippen LogP contribution is -2.43. The first kappa shape index (κ1) is 15.0. The molecule has 0 radical (unpaired) electrons. The van der Waals surface area contributed by atoms with E-state index in [0.717, 1.165) is 17.7 Å². The van der Waals surface area contributed by atoms with Crippen molar-refractivity contribution in [1.82, 2.24) is 5.32 Å². The number of carbonyl (C=O) groups excluding carboxylic acids is 1. The number of anilines is 1. The Hall–Kier alpha value is -1.40. The van der Waals surface area contributed by atoms with Gasteiger partial charge in [-0.3, -0.25) is 4.79 Å². The Bertz CT molecular complexity index is 584. The van der Waals surface area contributed by atoms with Crippen LogP contribution in [0.25, 0.3) is 0 Å². The van der Waals surface area contributed by atoms with Crippen molar-refractivity contribution in [1.29, 1.82) is 0 Å². The fraction of sp³-hybridized carbons (Fsp3) is 0.500. The van der Waals surface area contributed by atoms with Crippen LogP contribution >= 0.6 is 0 Å². The van der Waals surface area contributed by atoms with E-state index in [1.807, 2.05) is 31.2 Å². The van der Waals surface area contributed by atoms with Gasteiger partial charge in [0.05, 0.1) is 18.1 Å². The molecule has 1 aliphatic heterocycles. The maximum absolute atomic E-state index is 11.8. The molecule has 1 aromatic carbocycles. The van der Waals surface area contributed by atoms with E-state index in [1.165, 1.54) is 0 Å². The molecular formula is C14H20N2O3S. The van der Waals surface area contributed by atoms with Crippen molar-refractivity contribution in [3.63, 3.8) is 0 Å². The summed E-state index contributed by atoms with van der Waals surface area (Å²) in [5, 5.41) is 5.81. The molecule has 1 atom stereocenters. The van der Waals surface area contributed by atoms with E-state index < -0.39 is 9.84 Å². The molecule has 20 heavy (non-hydrogen) atoms. The molecular weight excluding hydrogens is 276 g/mol. The Morgan fingerprint density at radius 1 is 1.40 bits per heavy atom. The quantitative estimate of drug-likeness (QED) is 0.872. The van der Waals surface area contributed by atoms with Crippen LogP contribution in [0.4, 0.5) is 5.69 Å². The monoisotopic (exact) mass is 296 g/mol. The molecule has 0 aliphatic carbocycles. The minimum Gasteiger partial charge on any atom is -0.325 e. The normalized spacial score (nSPS) is 21.4. The molecule has 0 spiro atoms. The summed E-state index contributed by atoms with van der Waals surface area (Å²) in [5.41, 5.74) is 1.84. The molecule has 0 saturated carbocycles. The van der Waals surface area contributed by atoms with Crippen molar-refractivity contribution < 1.29 is 13.2 Å². The zero-order valence-electron chi connectivity index (χ0n) is 11.6. The van der Waals surface area contributed by atoms with Gasteiger partial charge in [0.2, 0.25) is 5.91 Å². The van der Waals surface area contributed by atoms with E-state index in [4.69, 9.17) is 0 Å². The first-order chi connectivity index (χ1) is 9.44. The first-order valence-corrected chi connectivity index (χ1v) is 8.57. The minimum atomic E-state index is -2.94. The molecule has 110 valence electrons. The van der Waals surface area contributed by atoms with Gasteiger partial charge in [0.15, 0.2) is 9.84 Å². The van der Waals surface area contributed by atoms with Crippen LogP contribution in [0, 0.1) is 6.92 Å². The number of nitrogens with one attached hydrogen (secondary N) is 2. The Balaban J connectivity index is 1.80. The topological polar surface area (TPSA) is 75.3 Å². The highest BCUT2D eigenvalue weighted by Crippen LogP contribution is 2.12. The average Bonchev–Trinajstić information content (AvgIpc) is 2.35. The summed E-state index contributed by atoms with van der Waals surface area (Å²) in [6.07, 6.45) is 1.47. The zero-order valence-corrected chi connectivity index (χ0v) is 12.4. The smallest absolute Gasteiger partial charge is 0.238 e. The van der Waals surface area contributed by atoms with Gasteiger partial charge in [-0.05, 0) is 37.5 Å². The fourth-order valence-corrected chi connectivity index (χ4v) is 4.02. The van der Waals surface area contributed by atoms with Gasteiger partial charge in [0.1, 0.15) is 0 Å². The van der Waals surface area contributed by atoms with Crippen LogP contribution in [0.5, 0.6) is 0 Å². The summed E-state index contributed by atoms with van der Waals surface area (Å²) in [5.74, 6) is 0.240. The lowest BCUT2D eigenvalue weighted by Gasteiger charge is -2.22. The highest BCUT2D eigenvalue weighted by Gasteiger charge is 2.24. The van der Waals surface area contributed by atoms with Gasteiger partial charge in [-0.25, -0.2) is 8.42 Å². The third-order valence-corrected chi connectivity index (χ3v) is 5.14. The van der Waals surface area contributed by atoms with Crippen LogP contribution < -0.4 is 10.6 Å². The SMILES string of the molecule is Cc1cccc(NC(=O)CNC2CCCS(=O)(=O)C2)c1. The number of hydrogen-bond donors (Lipinski definition) is 2. The molecule has 6 heteroatoms. The Morgan fingerprint density at radius 2 is 2.20 bits per heavy atom. The summed E-state index contributed by atoms with van der Waals surface area (Å²) < 4.78 is 23.0. The maximum atomic E-state index is 11.8. The summed E-state index contributed by atoms with van der Waals surface area (Å²) in [6, 6.07) is 7.45. The predicted molar refractivity (Wildman–Crippen MR) is 79.5 cm³/mol. The van der Waals surface area contributed by atoms with Crippen LogP contribution in [0.2, 0.25) is 0 Å². The molecule has 0 bridgehead atoms. The molecule has 0 aromatic heterocycles. The van der Waals surface area contributed by atoms with E-state index in [9.17, 15) is 13.2 Å².